The second-order valence-corrected chi connectivity index (χ2v) is 4.25. The van der Waals surface area contributed by atoms with Crippen molar-refractivity contribution in [2.24, 2.45) is 0 Å². The quantitative estimate of drug-likeness (QED) is 0.771. The average Bonchev–Trinajstić information content (AvgIpc) is 2.68. The first kappa shape index (κ1) is 11.0. The number of amides is 1. The van der Waals surface area contributed by atoms with E-state index < -0.39 is 0 Å². The van der Waals surface area contributed by atoms with E-state index in [0.29, 0.717) is 0 Å². The van der Waals surface area contributed by atoms with Gasteiger partial charge in [-0.05, 0) is 18.4 Å². The predicted octanol–water partition coefficient (Wildman–Crippen LogP) is 2.38. The molecule has 14 heavy (non-hydrogen) atoms. The maximum absolute atomic E-state index is 11.2. The Labute approximate surface area is 88.3 Å². The Kier molecular flexibility index (Phi) is 3.95. The van der Waals surface area contributed by atoms with Gasteiger partial charge < -0.3 is 9.64 Å². The Bertz CT molecular complexity index is 284. The smallest absolute Gasteiger partial charge is 0.409 e. The highest BCUT2D eigenvalue weighted by molar-refractivity contribution is 7.09. The topological polar surface area (TPSA) is 29.5 Å². The van der Waals surface area contributed by atoms with E-state index in [-0.39, 0.29) is 12.1 Å². The zero-order valence-corrected chi connectivity index (χ0v) is 9.50. The molecule has 0 fully saturated rings. The maximum Gasteiger partial charge on any atom is 0.409 e. The lowest BCUT2D eigenvalue weighted by Crippen LogP contribution is -2.36. The molecule has 0 radical (unpaired) electrons. The minimum atomic E-state index is -0.283. The molecule has 1 atom stereocenters. The SMILES string of the molecule is COC(=O)N(C)C(C)Cc1cccs1. The number of carbonyl (C=O) groups is 1. The Morgan fingerprint density at radius 2 is 2.43 bits per heavy atom. The van der Waals surface area contributed by atoms with Gasteiger partial charge in [-0.2, -0.15) is 0 Å². The second-order valence-electron chi connectivity index (χ2n) is 3.21. The standard InChI is InChI=1S/C10H15NO2S/c1-8(11(2)10(12)13-3)7-9-5-4-6-14-9/h4-6,8H,7H2,1-3H3. The number of ether oxygens (including phenoxy) is 1. The van der Waals surface area contributed by atoms with Gasteiger partial charge in [0.25, 0.3) is 0 Å². The first-order valence-corrected chi connectivity index (χ1v) is 5.36. The number of thiophene rings is 1. The van der Waals surface area contributed by atoms with E-state index >= 15 is 0 Å². The van der Waals surface area contributed by atoms with Gasteiger partial charge in [-0.25, -0.2) is 4.79 Å². The lowest BCUT2D eigenvalue weighted by Gasteiger charge is -2.22. The summed E-state index contributed by atoms with van der Waals surface area (Å²) in [7, 11) is 3.15. The number of nitrogens with zero attached hydrogens (tertiary/aromatic N) is 1. The Morgan fingerprint density at radius 1 is 1.71 bits per heavy atom. The molecule has 1 unspecified atom stereocenters. The summed E-state index contributed by atoms with van der Waals surface area (Å²) in [5, 5.41) is 2.04. The highest BCUT2D eigenvalue weighted by Crippen LogP contribution is 2.13. The highest BCUT2D eigenvalue weighted by Gasteiger charge is 2.16. The third-order valence-electron chi connectivity index (χ3n) is 2.20. The lowest BCUT2D eigenvalue weighted by molar-refractivity contribution is 0.120. The second kappa shape index (κ2) is 5.00. The Hall–Kier alpha value is -1.03. The molecule has 78 valence electrons. The van der Waals surface area contributed by atoms with Gasteiger partial charge in [-0.3, -0.25) is 0 Å². The van der Waals surface area contributed by atoms with Gasteiger partial charge in [0.05, 0.1) is 7.11 Å². The van der Waals surface area contributed by atoms with Crippen molar-refractivity contribution >= 4 is 17.4 Å². The molecular formula is C10H15NO2S. The molecule has 0 saturated carbocycles. The molecule has 1 aromatic heterocycles. The van der Waals surface area contributed by atoms with Crippen molar-refractivity contribution in [3.05, 3.63) is 22.4 Å². The van der Waals surface area contributed by atoms with Crippen LogP contribution in [0.25, 0.3) is 0 Å². The van der Waals surface area contributed by atoms with Crippen molar-refractivity contribution in [3.63, 3.8) is 0 Å². The van der Waals surface area contributed by atoms with E-state index in [2.05, 4.69) is 10.8 Å². The summed E-state index contributed by atoms with van der Waals surface area (Å²) in [6, 6.07) is 4.26. The molecule has 0 saturated heterocycles. The molecule has 0 aliphatic heterocycles. The number of hydrogen-bond donors (Lipinski definition) is 0. The van der Waals surface area contributed by atoms with Crippen LogP contribution in [0.15, 0.2) is 17.5 Å². The molecule has 0 aliphatic carbocycles. The van der Waals surface area contributed by atoms with E-state index in [9.17, 15) is 4.79 Å². The molecule has 3 nitrogen and oxygen atoms in total. The molecular weight excluding hydrogens is 198 g/mol. The van der Waals surface area contributed by atoms with Crippen molar-refractivity contribution in [2.75, 3.05) is 14.2 Å². The van der Waals surface area contributed by atoms with Crippen LogP contribution >= 0.6 is 11.3 Å². The van der Waals surface area contributed by atoms with Crippen molar-refractivity contribution in [3.8, 4) is 0 Å². The summed E-state index contributed by atoms with van der Waals surface area (Å²) in [5.41, 5.74) is 0. The fourth-order valence-corrected chi connectivity index (χ4v) is 2.01. The summed E-state index contributed by atoms with van der Waals surface area (Å²) in [6.45, 7) is 2.01. The van der Waals surface area contributed by atoms with Crippen LogP contribution in [0.5, 0.6) is 0 Å². The fourth-order valence-electron chi connectivity index (χ4n) is 1.18. The summed E-state index contributed by atoms with van der Waals surface area (Å²) in [6.07, 6.45) is 0.595. The molecule has 1 heterocycles. The third-order valence-corrected chi connectivity index (χ3v) is 3.10. The van der Waals surface area contributed by atoms with Crippen LogP contribution in [0.4, 0.5) is 4.79 Å². The van der Waals surface area contributed by atoms with Gasteiger partial charge >= 0.3 is 6.09 Å². The molecule has 0 N–H and O–H groups in total. The molecule has 4 heteroatoms. The largest absolute Gasteiger partial charge is 0.453 e. The van der Waals surface area contributed by atoms with Crippen molar-refractivity contribution in [1.82, 2.24) is 4.90 Å². The molecule has 0 aromatic carbocycles. The predicted molar refractivity (Wildman–Crippen MR) is 57.7 cm³/mol. The third kappa shape index (κ3) is 2.73. The number of methoxy groups -OCH3 is 1. The van der Waals surface area contributed by atoms with Crippen LogP contribution in [0.1, 0.15) is 11.8 Å². The van der Waals surface area contributed by atoms with Gasteiger partial charge in [0, 0.05) is 24.4 Å². The minimum Gasteiger partial charge on any atom is -0.453 e. The van der Waals surface area contributed by atoms with Crippen molar-refractivity contribution in [1.29, 1.82) is 0 Å². The van der Waals surface area contributed by atoms with Crippen LogP contribution in [0, 0.1) is 0 Å². The lowest BCUT2D eigenvalue weighted by atomic mass is 10.2. The van der Waals surface area contributed by atoms with Gasteiger partial charge in [-0.15, -0.1) is 11.3 Å². The fraction of sp³-hybridized carbons (Fsp3) is 0.500. The average molecular weight is 213 g/mol. The van der Waals surface area contributed by atoms with Crippen LogP contribution in [-0.2, 0) is 11.2 Å². The Morgan fingerprint density at radius 3 is 2.93 bits per heavy atom. The molecule has 1 amide bonds. The summed E-state index contributed by atoms with van der Waals surface area (Å²) < 4.78 is 4.64. The normalized spacial score (nSPS) is 12.2. The van der Waals surface area contributed by atoms with E-state index in [0.717, 1.165) is 6.42 Å². The molecule has 1 rings (SSSR count). The molecule has 1 aromatic rings. The zero-order chi connectivity index (χ0) is 10.6. The number of hydrogen-bond acceptors (Lipinski definition) is 3. The van der Waals surface area contributed by atoms with Crippen LogP contribution < -0.4 is 0 Å². The van der Waals surface area contributed by atoms with E-state index in [1.807, 2.05) is 18.4 Å². The van der Waals surface area contributed by atoms with Crippen LogP contribution in [0.3, 0.4) is 0 Å². The van der Waals surface area contributed by atoms with Crippen LogP contribution in [-0.4, -0.2) is 31.2 Å². The maximum atomic E-state index is 11.2. The summed E-state index contributed by atoms with van der Waals surface area (Å²) >= 11 is 1.71. The monoisotopic (exact) mass is 213 g/mol. The summed E-state index contributed by atoms with van der Waals surface area (Å²) in [4.78, 5) is 14.1. The van der Waals surface area contributed by atoms with Crippen LogP contribution in [0.2, 0.25) is 0 Å². The Balaban J connectivity index is 2.49. The number of likely N-dealkylation sites (N-methyl/N-ethyl adjacent to an activating group) is 1. The summed E-state index contributed by atoms with van der Waals surface area (Å²) in [5.74, 6) is 0. The van der Waals surface area contributed by atoms with Gasteiger partial charge in [0.15, 0.2) is 0 Å². The minimum absolute atomic E-state index is 0.168. The molecule has 0 spiro atoms. The number of rotatable bonds is 3. The van der Waals surface area contributed by atoms with Gasteiger partial charge in [0.1, 0.15) is 0 Å². The first-order chi connectivity index (χ1) is 6.65. The van der Waals surface area contributed by atoms with Crippen molar-refractivity contribution < 1.29 is 9.53 Å². The van der Waals surface area contributed by atoms with E-state index in [1.165, 1.54) is 12.0 Å². The van der Waals surface area contributed by atoms with Crippen molar-refractivity contribution in [2.45, 2.75) is 19.4 Å². The zero-order valence-electron chi connectivity index (χ0n) is 8.69. The first-order valence-electron chi connectivity index (χ1n) is 4.48. The van der Waals surface area contributed by atoms with Gasteiger partial charge in [0.2, 0.25) is 0 Å². The van der Waals surface area contributed by atoms with Gasteiger partial charge in [-0.1, -0.05) is 6.07 Å². The number of carbonyl (C=O) groups excluding carboxylic acids is 1. The molecule has 0 bridgehead atoms. The van der Waals surface area contributed by atoms with E-state index in [1.54, 1.807) is 23.3 Å². The highest BCUT2D eigenvalue weighted by atomic mass is 32.1. The van der Waals surface area contributed by atoms with E-state index in [4.69, 9.17) is 0 Å². The molecule has 0 aliphatic rings.